The van der Waals surface area contributed by atoms with E-state index in [4.69, 9.17) is 4.74 Å². The van der Waals surface area contributed by atoms with Crippen molar-refractivity contribution in [3.8, 4) is 11.8 Å². The molecule has 0 saturated heterocycles. The third-order valence-corrected chi connectivity index (χ3v) is 4.22. The van der Waals surface area contributed by atoms with Gasteiger partial charge in [-0.15, -0.1) is 0 Å². The van der Waals surface area contributed by atoms with Gasteiger partial charge < -0.3 is 10.1 Å². The van der Waals surface area contributed by atoms with Gasteiger partial charge in [-0.2, -0.15) is 5.26 Å². The number of nitrogens with zero attached hydrogens (tertiary/aromatic N) is 2. The quantitative estimate of drug-likeness (QED) is 0.575. The number of hydrogen-bond acceptors (Lipinski definition) is 4. The largest absolute Gasteiger partial charge is 0.497 e. The molecule has 0 saturated carbocycles. The minimum absolute atomic E-state index is 0.505. The molecule has 0 radical (unpaired) electrons. The van der Waals surface area contributed by atoms with E-state index in [0.29, 0.717) is 5.56 Å². The molecule has 3 aromatic carbocycles. The SMILES string of the molecule is COc1ccc2c(Nc3ccc4ccccc4c3)c(C#N)cnc2c1. The molecule has 0 fully saturated rings. The van der Waals surface area contributed by atoms with Crippen LogP contribution in [0, 0.1) is 11.3 Å². The second kappa shape index (κ2) is 6.14. The number of nitriles is 1. The van der Waals surface area contributed by atoms with Gasteiger partial charge >= 0.3 is 0 Å². The van der Waals surface area contributed by atoms with Crippen LogP contribution >= 0.6 is 0 Å². The highest BCUT2D eigenvalue weighted by Gasteiger charge is 2.10. The summed E-state index contributed by atoms with van der Waals surface area (Å²) in [6, 6.07) is 22.2. The first kappa shape index (κ1) is 15.0. The molecule has 0 atom stereocenters. The van der Waals surface area contributed by atoms with Crippen molar-refractivity contribution in [2.24, 2.45) is 0 Å². The van der Waals surface area contributed by atoms with Gasteiger partial charge in [-0.05, 0) is 35.0 Å². The number of benzene rings is 3. The zero-order chi connectivity index (χ0) is 17.2. The van der Waals surface area contributed by atoms with Crippen LogP contribution in [0.25, 0.3) is 21.7 Å². The summed E-state index contributed by atoms with van der Waals surface area (Å²) in [5, 5.41) is 16.1. The number of rotatable bonds is 3. The molecule has 4 nitrogen and oxygen atoms in total. The van der Waals surface area contributed by atoms with Crippen molar-refractivity contribution in [3.63, 3.8) is 0 Å². The fourth-order valence-corrected chi connectivity index (χ4v) is 2.93. The van der Waals surface area contributed by atoms with E-state index >= 15 is 0 Å². The molecule has 1 aromatic heterocycles. The molecule has 0 aliphatic heterocycles. The van der Waals surface area contributed by atoms with E-state index in [1.165, 1.54) is 5.39 Å². The highest BCUT2D eigenvalue weighted by Crippen LogP contribution is 2.31. The predicted octanol–water partition coefficient (Wildman–Crippen LogP) is 5.01. The minimum Gasteiger partial charge on any atom is -0.497 e. The van der Waals surface area contributed by atoms with Crippen LogP contribution < -0.4 is 10.1 Å². The number of anilines is 2. The lowest BCUT2D eigenvalue weighted by atomic mass is 10.1. The van der Waals surface area contributed by atoms with Gasteiger partial charge in [-0.25, -0.2) is 0 Å². The Labute approximate surface area is 145 Å². The van der Waals surface area contributed by atoms with Gasteiger partial charge in [-0.1, -0.05) is 30.3 Å². The molecular formula is C21H15N3O. The molecule has 4 heteroatoms. The van der Waals surface area contributed by atoms with Crippen molar-refractivity contribution >= 4 is 33.1 Å². The van der Waals surface area contributed by atoms with Gasteiger partial charge in [0.05, 0.1) is 23.9 Å². The maximum absolute atomic E-state index is 9.47. The molecule has 0 spiro atoms. The van der Waals surface area contributed by atoms with Crippen LogP contribution in [0.15, 0.2) is 66.9 Å². The molecule has 120 valence electrons. The van der Waals surface area contributed by atoms with Gasteiger partial charge in [0.15, 0.2) is 0 Å². The van der Waals surface area contributed by atoms with Crippen molar-refractivity contribution in [2.75, 3.05) is 12.4 Å². The molecule has 0 aliphatic carbocycles. The molecule has 1 heterocycles. The minimum atomic E-state index is 0.505. The van der Waals surface area contributed by atoms with E-state index in [0.717, 1.165) is 33.4 Å². The first-order valence-corrected chi connectivity index (χ1v) is 7.91. The van der Waals surface area contributed by atoms with E-state index in [-0.39, 0.29) is 0 Å². The van der Waals surface area contributed by atoms with E-state index in [2.05, 4.69) is 40.6 Å². The fourth-order valence-electron chi connectivity index (χ4n) is 2.93. The van der Waals surface area contributed by atoms with E-state index < -0.39 is 0 Å². The summed E-state index contributed by atoms with van der Waals surface area (Å²) in [7, 11) is 1.62. The Bertz CT molecular complexity index is 1130. The maximum Gasteiger partial charge on any atom is 0.121 e. The lowest BCUT2D eigenvalue weighted by Gasteiger charge is -2.13. The van der Waals surface area contributed by atoms with Crippen molar-refractivity contribution in [1.82, 2.24) is 4.98 Å². The molecule has 25 heavy (non-hydrogen) atoms. The van der Waals surface area contributed by atoms with Crippen LogP contribution in [0.1, 0.15) is 5.56 Å². The van der Waals surface area contributed by atoms with Gasteiger partial charge in [0.2, 0.25) is 0 Å². The summed E-state index contributed by atoms with van der Waals surface area (Å²) in [4.78, 5) is 4.37. The third-order valence-electron chi connectivity index (χ3n) is 4.22. The van der Waals surface area contributed by atoms with Crippen molar-refractivity contribution in [2.45, 2.75) is 0 Å². The Kier molecular flexibility index (Phi) is 3.68. The normalized spacial score (nSPS) is 10.6. The zero-order valence-electron chi connectivity index (χ0n) is 13.7. The smallest absolute Gasteiger partial charge is 0.121 e. The van der Waals surface area contributed by atoms with Crippen LogP contribution in [0.5, 0.6) is 5.75 Å². The van der Waals surface area contributed by atoms with Crippen molar-refractivity contribution in [1.29, 1.82) is 5.26 Å². The highest BCUT2D eigenvalue weighted by atomic mass is 16.5. The Balaban J connectivity index is 1.85. The van der Waals surface area contributed by atoms with Crippen LogP contribution in [0.4, 0.5) is 11.4 Å². The van der Waals surface area contributed by atoms with Crippen molar-refractivity contribution in [3.05, 3.63) is 72.4 Å². The zero-order valence-corrected chi connectivity index (χ0v) is 13.7. The summed E-state index contributed by atoms with van der Waals surface area (Å²) in [5.74, 6) is 0.737. The Hall–Kier alpha value is -3.58. The molecular weight excluding hydrogens is 310 g/mol. The summed E-state index contributed by atoms with van der Waals surface area (Å²) in [5.41, 5.74) is 2.97. The summed E-state index contributed by atoms with van der Waals surface area (Å²) >= 11 is 0. The molecule has 1 N–H and O–H groups in total. The van der Waals surface area contributed by atoms with Crippen LogP contribution in [-0.2, 0) is 0 Å². The summed E-state index contributed by atoms with van der Waals surface area (Å²) < 4.78 is 5.26. The van der Waals surface area contributed by atoms with E-state index in [1.54, 1.807) is 13.3 Å². The lowest BCUT2D eigenvalue weighted by molar-refractivity contribution is 0.415. The third kappa shape index (κ3) is 2.73. The monoisotopic (exact) mass is 325 g/mol. The molecule has 4 aromatic rings. The van der Waals surface area contributed by atoms with Crippen LogP contribution in [-0.4, -0.2) is 12.1 Å². The van der Waals surface area contributed by atoms with Gasteiger partial charge in [0.1, 0.15) is 11.8 Å². The van der Waals surface area contributed by atoms with Gasteiger partial charge in [0, 0.05) is 23.3 Å². The van der Waals surface area contributed by atoms with Crippen molar-refractivity contribution < 1.29 is 4.74 Å². The first-order chi connectivity index (χ1) is 12.3. The number of fused-ring (bicyclic) bond motifs is 2. The fraction of sp³-hybridized carbons (Fsp3) is 0.0476. The maximum atomic E-state index is 9.47. The number of ether oxygens (including phenoxy) is 1. The average molecular weight is 325 g/mol. The van der Waals surface area contributed by atoms with Crippen LogP contribution in [0.2, 0.25) is 0 Å². The number of pyridine rings is 1. The number of aromatic nitrogens is 1. The molecule has 4 rings (SSSR count). The Morgan fingerprint density at radius 1 is 1.00 bits per heavy atom. The highest BCUT2D eigenvalue weighted by molar-refractivity contribution is 5.97. The number of methoxy groups -OCH3 is 1. The summed E-state index contributed by atoms with van der Waals surface area (Å²) in [6.07, 6.45) is 1.59. The second-order valence-corrected chi connectivity index (χ2v) is 5.73. The standard InChI is InChI=1S/C21H15N3O/c1-25-18-8-9-19-20(11-18)23-13-16(12-22)21(19)24-17-7-6-14-4-2-3-5-15(14)10-17/h2-11,13H,1H3,(H,23,24). The molecule has 0 bridgehead atoms. The number of nitrogens with one attached hydrogen (secondary N) is 1. The van der Waals surface area contributed by atoms with Gasteiger partial charge in [-0.3, -0.25) is 4.98 Å². The molecule has 0 aliphatic rings. The van der Waals surface area contributed by atoms with E-state index in [9.17, 15) is 5.26 Å². The topological polar surface area (TPSA) is 57.9 Å². The van der Waals surface area contributed by atoms with Gasteiger partial charge in [0.25, 0.3) is 0 Å². The van der Waals surface area contributed by atoms with E-state index in [1.807, 2.05) is 36.4 Å². The molecule has 0 unspecified atom stereocenters. The lowest BCUT2D eigenvalue weighted by Crippen LogP contribution is -1.97. The second-order valence-electron chi connectivity index (χ2n) is 5.73. The molecule has 0 amide bonds. The Morgan fingerprint density at radius 3 is 2.64 bits per heavy atom. The Morgan fingerprint density at radius 2 is 1.84 bits per heavy atom. The summed E-state index contributed by atoms with van der Waals surface area (Å²) in [6.45, 7) is 0. The average Bonchev–Trinajstić information content (AvgIpc) is 2.67. The number of hydrogen-bond donors (Lipinski definition) is 1. The van der Waals surface area contributed by atoms with Crippen LogP contribution in [0.3, 0.4) is 0 Å². The predicted molar refractivity (Wildman–Crippen MR) is 100 cm³/mol. The first-order valence-electron chi connectivity index (χ1n) is 7.91.